The molecule has 0 spiro atoms. The predicted molar refractivity (Wildman–Crippen MR) is 61.0 cm³/mol. The molecule has 0 N–H and O–H groups in total. The maximum absolute atomic E-state index is 11.9. The Labute approximate surface area is 90.6 Å². The van der Waals surface area contributed by atoms with Gasteiger partial charge in [0.2, 0.25) is 0 Å². The highest BCUT2D eigenvalue weighted by Crippen LogP contribution is 2.23. The Balaban J connectivity index is 0.000000531. The van der Waals surface area contributed by atoms with Crippen molar-refractivity contribution in [1.82, 2.24) is 9.97 Å². The van der Waals surface area contributed by atoms with Crippen molar-refractivity contribution in [3.05, 3.63) is 30.4 Å². The third kappa shape index (κ3) is 2.41. The molecule has 1 aliphatic rings. The van der Waals surface area contributed by atoms with Crippen LogP contribution < -0.4 is 0 Å². The van der Waals surface area contributed by atoms with E-state index >= 15 is 0 Å². The standard InChI is InChI=1S/C8H9N3OS.C2H6/c1-6-3-7-4-9-5-10-8(7)13(2,12)11-6;1-2/h4-5H,1,3H2,2H3;1-2H3. The summed E-state index contributed by atoms with van der Waals surface area (Å²) in [6.45, 7) is 7.71. The Bertz CT molecular complexity index is 487. The van der Waals surface area contributed by atoms with Gasteiger partial charge in [-0.05, 0) is 0 Å². The number of fused-ring (bicyclic) bond motifs is 1. The van der Waals surface area contributed by atoms with E-state index in [1.165, 1.54) is 6.33 Å². The molecule has 0 radical (unpaired) electrons. The van der Waals surface area contributed by atoms with Gasteiger partial charge in [-0.25, -0.2) is 14.2 Å². The summed E-state index contributed by atoms with van der Waals surface area (Å²) < 4.78 is 15.9. The molecule has 82 valence electrons. The average Bonchev–Trinajstić information content (AvgIpc) is 2.19. The van der Waals surface area contributed by atoms with Gasteiger partial charge in [-0.2, -0.15) is 4.36 Å². The highest BCUT2D eigenvalue weighted by molar-refractivity contribution is 7.93. The third-order valence-corrected chi connectivity index (χ3v) is 3.49. The van der Waals surface area contributed by atoms with Gasteiger partial charge in [0.25, 0.3) is 0 Å². The average molecular weight is 225 g/mol. The Morgan fingerprint density at radius 1 is 1.47 bits per heavy atom. The van der Waals surface area contributed by atoms with Crippen LogP contribution >= 0.6 is 0 Å². The van der Waals surface area contributed by atoms with Crippen LogP contribution in [0.5, 0.6) is 0 Å². The first-order valence-electron chi connectivity index (χ1n) is 4.78. The van der Waals surface area contributed by atoms with Gasteiger partial charge in [-0.15, -0.1) is 0 Å². The van der Waals surface area contributed by atoms with E-state index < -0.39 is 9.73 Å². The SMILES string of the molecule is C=C1Cc2cncnc2S(C)(=O)=N1.CC. The van der Waals surface area contributed by atoms with Crippen molar-refractivity contribution in [2.24, 2.45) is 4.36 Å². The van der Waals surface area contributed by atoms with Crippen LogP contribution in [-0.4, -0.2) is 20.4 Å². The van der Waals surface area contributed by atoms with Gasteiger partial charge in [0, 0.05) is 30.1 Å². The van der Waals surface area contributed by atoms with Gasteiger partial charge >= 0.3 is 0 Å². The van der Waals surface area contributed by atoms with Crippen molar-refractivity contribution in [3.63, 3.8) is 0 Å². The molecule has 0 saturated carbocycles. The molecule has 0 fully saturated rings. The summed E-state index contributed by atoms with van der Waals surface area (Å²) in [5.74, 6) is 0. The normalized spacial score (nSPS) is 23.3. The quantitative estimate of drug-likeness (QED) is 0.635. The predicted octanol–water partition coefficient (Wildman–Crippen LogP) is 2.03. The fraction of sp³-hybridized carbons (Fsp3) is 0.400. The summed E-state index contributed by atoms with van der Waals surface area (Å²) in [6.07, 6.45) is 5.24. The van der Waals surface area contributed by atoms with Crippen molar-refractivity contribution in [2.45, 2.75) is 25.3 Å². The van der Waals surface area contributed by atoms with E-state index in [1.54, 1.807) is 12.5 Å². The summed E-state index contributed by atoms with van der Waals surface area (Å²) >= 11 is 0. The van der Waals surface area contributed by atoms with E-state index in [-0.39, 0.29) is 0 Å². The van der Waals surface area contributed by atoms with E-state index in [4.69, 9.17) is 0 Å². The summed E-state index contributed by atoms with van der Waals surface area (Å²) in [5, 5.41) is 0.551. The number of hydrogen-bond acceptors (Lipinski definition) is 4. The monoisotopic (exact) mass is 225 g/mol. The number of hydrogen-bond donors (Lipinski definition) is 0. The van der Waals surface area contributed by atoms with Crippen molar-refractivity contribution in [1.29, 1.82) is 0 Å². The fourth-order valence-corrected chi connectivity index (χ4v) is 2.85. The van der Waals surface area contributed by atoms with Crippen LogP contribution in [0.4, 0.5) is 0 Å². The van der Waals surface area contributed by atoms with Crippen molar-refractivity contribution in [3.8, 4) is 0 Å². The van der Waals surface area contributed by atoms with E-state index in [0.29, 0.717) is 17.1 Å². The molecule has 0 aliphatic carbocycles. The molecule has 15 heavy (non-hydrogen) atoms. The molecular formula is C10H15N3OS. The van der Waals surface area contributed by atoms with Crippen LogP contribution in [0.2, 0.25) is 0 Å². The molecule has 1 aromatic rings. The second-order valence-electron chi connectivity index (χ2n) is 2.99. The molecule has 0 saturated heterocycles. The van der Waals surface area contributed by atoms with Crippen LogP contribution in [0.25, 0.3) is 0 Å². The number of rotatable bonds is 0. The van der Waals surface area contributed by atoms with Crippen LogP contribution in [-0.2, 0) is 16.1 Å². The number of nitrogens with zero attached hydrogens (tertiary/aromatic N) is 3. The van der Waals surface area contributed by atoms with Crippen LogP contribution in [0.15, 0.2) is 34.2 Å². The molecule has 5 heteroatoms. The minimum Gasteiger partial charge on any atom is -0.244 e. The Morgan fingerprint density at radius 3 is 2.80 bits per heavy atom. The molecule has 2 heterocycles. The van der Waals surface area contributed by atoms with Crippen molar-refractivity contribution >= 4 is 9.73 Å². The maximum atomic E-state index is 11.9. The summed E-state index contributed by atoms with van der Waals surface area (Å²) in [5.41, 5.74) is 1.50. The molecule has 0 amide bonds. The van der Waals surface area contributed by atoms with Gasteiger partial charge in [0.15, 0.2) is 0 Å². The number of allylic oxidation sites excluding steroid dienone is 1. The van der Waals surface area contributed by atoms with Gasteiger partial charge < -0.3 is 0 Å². The first-order chi connectivity index (χ1) is 7.09. The molecule has 4 nitrogen and oxygen atoms in total. The summed E-state index contributed by atoms with van der Waals surface area (Å²) in [7, 11) is -2.37. The first kappa shape index (κ1) is 11.8. The molecule has 0 bridgehead atoms. The lowest BCUT2D eigenvalue weighted by atomic mass is 10.2. The fourth-order valence-electron chi connectivity index (χ4n) is 1.35. The zero-order valence-corrected chi connectivity index (χ0v) is 10.0. The second-order valence-corrected chi connectivity index (χ2v) is 5.16. The van der Waals surface area contributed by atoms with E-state index in [9.17, 15) is 4.21 Å². The molecule has 1 atom stereocenters. The Hall–Kier alpha value is -1.23. The van der Waals surface area contributed by atoms with Crippen LogP contribution in [0.3, 0.4) is 0 Å². The highest BCUT2D eigenvalue weighted by Gasteiger charge is 2.19. The molecular weight excluding hydrogens is 210 g/mol. The van der Waals surface area contributed by atoms with Gasteiger partial charge in [-0.3, -0.25) is 0 Å². The van der Waals surface area contributed by atoms with Crippen LogP contribution in [0, 0.1) is 0 Å². The zero-order chi connectivity index (χ0) is 11.5. The topological polar surface area (TPSA) is 55.2 Å². The lowest BCUT2D eigenvalue weighted by Gasteiger charge is -2.14. The molecule has 1 aliphatic heterocycles. The smallest absolute Gasteiger partial charge is 0.142 e. The maximum Gasteiger partial charge on any atom is 0.142 e. The molecule has 1 aromatic heterocycles. The number of aromatic nitrogens is 2. The molecule has 1 unspecified atom stereocenters. The Morgan fingerprint density at radius 2 is 2.13 bits per heavy atom. The first-order valence-corrected chi connectivity index (χ1v) is 6.71. The van der Waals surface area contributed by atoms with Gasteiger partial charge in [-0.1, -0.05) is 20.4 Å². The lowest BCUT2D eigenvalue weighted by Crippen LogP contribution is -2.11. The van der Waals surface area contributed by atoms with E-state index in [1.807, 2.05) is 13.8 Å². The van der Waals surface area contributed by atoms with E-state index in [0.717, 1.165) is 5.56 Å². The third-order valence-electron chi connectivity index (χ3n) is 1.80. The second kappa shape index (κ2) is 4.53. The lowest BCUT2D eigenvalue weighted by molar-refractivity contribution is 0.672. The van der Waals surface area contributed by atoms with Crippen molar-refractivity contribution in [2.75, 3.05) is 6.26 Å². The Kier molecular flexibility index (Phi) is 3.57. The minimum absolute atomic E-state index is 0.551. The molecule has 0 aromatic carbocycles. The zero-order valence-electron chi connectivity index (χ0n) is 9.23. The van der Waals surface area contributed by atoms with Crippen LogP contribution in [0.1, 0.15) is 19.4 Å². The highest BCUT2D eigenvalue weighted by atomic mass is 32.2. The summed E-state index contributed by atoms with van der Waals surface area (Å²) in [4.78, 5) is 7.86. The van der Waals surface area contributed by atoms with Crippen molar-refractivity contribution < 1.29 is 4.21 Å². The van der Waals surface area contributed by atoms with Gasteiger partial charge in [0.1, 0.15) is 11.4 Å². The van der Waals surface area contributed by atoms with Gasteiger partial charge in [0.05, 0.1) is 9.73 Å². The molecule has 2 rings (SSSR count). The summed E-state index contributed by atoms with van der Waals surface area (Å²) in [6, 6.07) is 0. The largest absolute Gasteiger partial charge is 0.244 e. The van der Waals surface area contributed by atoms with E-state index in [2.05, 4.69) is 20.9 Å². The minimum atomic E-state index is -2.37.